The molecule has 1 unspecified atom stereocenters. The third-order valence-corrected chi connectivity index (χ3v) is 4.44. The minimum absolute atomic E-state index is 0.137. The molecule has 0 saturated carbocycles. The van der Waals surface area contributed by atoms with Crippen LogP contribution in [0.3, 0.4) is 0 Å². The van der Waals surface area contributed by atoms with Crippen LogP contribution in [-0.2, 0) is 25.5 Å². The summed E-state index contributed by atoms with van der Waals surface area (Å²) < 4.78 is 10.6. The fraction of sp³-hybridized carbons (Fsp3) is 0.579. The molecule has 0 amide bonds. The zero-order valence-electron chi connectivity index (χ0n) is 15.9. The molecule has 1 rings (SSSR count). The molecule has 1 aromatic carbocycles. The average molecular weight is 367 g/mol. The SMILES string of the molecule is CC(C)C(C)C(=O)O[C@H](C)[C@H](C)OC(=O)[C@@H](N)Cc1ccc(O)c(O)c1. The molecule has 0 saturated heterocycles. The number of aromatic hydroxyl groups is 2. The second-order valence-corrected chi connectivity index (χ2v) is 6.95. The van der Waals surface area contributed by atoms with Gasteiger partial charge in [-0.2, -0.15) is 0 Å². The van der Waals surface area contributed by atoms with Crippen molar-refractivity contribution in [2.24, 2.45) is 17.6 Å². The van der Waals surface area contributed by atoms with Crippen molar-refractivity contribution < 1.29 is 29.3 Å². The van der Waals surface area contributed by atoms with Crippen LogP contribution in [0.5, 0.6) is 11.5 Å². The number of rotatable bonds is 8. The summed E-state index contributed by atoms with van der Waals surface area (Å²) in [5, 5.41) is 18.8. The molecule has 0 aliphatic rings. The molecule has 26 heavy (non-hydrogen) atoms. The Morgan fingerprint density at radius 3 is 2.00 bits per heavy atom. The van der Waals surface area contributed by atoms with Crippen molar-refractivity contribution in [1.29, 1.82) is 0 Å². The van der Waals surface area contributed by atoms with Crippen LogP contribution in [0.15, 0.2) is 18.2 Å². The van der Waals surface area contributed by atoms with Crippen molar-refractivity contribution >= 4 is 11.9 Å². The lowest BCUT2D eigenvalue weighted by Crippen LogP contribution is -2.40. The van der Waals surface area contributed by atoms with Gasteiger partial charge in [0.15, 0.2) is 11.5 Å². The van der Waals surface area contributed by atoms with E-state index in [1.54, 1.807) is 26.8 Å². The first-order valence-electron chi connectivity index (χ1n) is 8.70. The monoisotopic (exact) mass is 367 g/mol. The topological polar surface area (TPSA) is 119 Å². The summed E-state index contributed by atoms with van der Waals surface area (Å²) in [7, 11) is 0. The van der Waals surface area contributed by atoms with Crippen LogP contribution >= 0.6 is 0 Å². The Bertz CT molecular complexity index is 630. The largest absolute Gasteiger partial charge is 0.504 e. The summed E-state index contributed by atoms with van der Waals surface area (Å²) in [6.07, 6.45) is -1.11. The number of hydrogen-bond acceptors (Lipinski definition) is 7. The van der Waals surface area contributed by atoms with Gasteiger partial charge in [-0.25, -0.2) is 0 Å². The van der Waals surface area contributed by atoms with Crippen LogP contribution < -0.4 is 5.73 Å². The third kappa shape index (κ3) is 6.22. The summed E-state index contributed by atoms with van der Waals surface area (Å²) in [5.74, 6) is -1.59. The highest BCUT2D eigenvalue weighted by atomic mass is 16.6. The Morgan fingerprint density at radius 1 is 0.962 bits per heavy atom. The van der Waals surface area contributed by atoms with Gasteiger partial charge in [0.05, 0.1) is 5.92 Å². The number of hydrogen-bond donors (Lipinski definition) is 3. The first-order chi connectivity index (χ1) is 12.0. The highest BCUT2D eigenvalue weighted by molar-refractivity contribution is 5.76. The summed E-state index contributed by atoms with van der Waals surface area (Å²) in [4.78, 5) is 24.1. The van der Waals surface area contributed by atoms with Crippen LogP contribution in [0.2, 0.25) is 0 Å². The number of esters is 2. The fourth-order valence-corrected chi connectivity index (χ4v) is 2.06. The third-order valence-electron chi connectivity index (χ3n) is 4.44. The molecule has 7 nitrogen and oxygen atoms in total. The lowest BCUT2D eigenvalue weighted by Gasteiger charge is -2.24. The summed E-state index contributed by atoms with van der Waals surface area (Å²) in [6.45, 7) is 8.95. The molecule has 0 spiro atoms. The van der Waals surface area contributed by atoms with Crippen molar-refractivity contribution in [3.05, 3.63) is 23.8 Å². The summed E-state index contributed by atoms with van der Waals surface area (Å²) in [6, 6.07) is 3.27. The minimum Gasteiger partial charge on any atom is -0.504 e. The Balaban J connectivity index is 2.56. The Morgan fingerprint density at radius 2 is 1.50 bits per heavy atom. The number of phenolic OH excluding ortho intramolecular Hbond substituents is 2. The van der Waals surface area contributed by atoms with E-state index in [9.17, 15) is 19.8 Å². The molecule has 0 bridgehead atoms. The molecule has 0 radical (unpaired) electrons. The van der Waals surface area contributed by atoms with Gasteiger partial charge < -0.3 is 25.4 Å². The normalized spacial score (nSPS) is 15.8. The lowest BCUT2D eigenvalue weighted by molar-refractivity contribution is -0.169. The summed E-state index contributed by atoms with van der Waals surface area (Å²) >= 11 is 0. The minimum atomic E-state index is -0.945. The second-order valence-electron chi connectivity index (χ2n) is 6.95. The van der Waals surface area contributed by atoms with E-state index < -0.39 is 24.2 Å². The molecule has 7 heteroatoms. The Hall–Kier alpha value is -2.28. The van der Waals surface area contributed by atoms with E-state index in [0.29, 0.717) is 5.56 Å². The van der Waals surface area contributed by atoms with Crippen LogP contribution in [0.1, 0.15) is 40.2 Å². The van der Waals surface area contributed by atoms with Crippen LogP contribution in [0.4, 0.5) is 0 Å². The van der Waals surface area contributed by atoms with Gasteiger partial charge in [-0.15, -0.1) is 0 Å². The molecule has 0 fully saturated rings. The molecule has 4 atom stereocenters. The average Bonchev–Trinajstić information content (AvgIpc) is 2.56. The van der Waals surface area contributed by atoms with Crippen molar-refractivity contribution in [2.45, 2.75) is 59.3 Å². The van der Waals surface area contributed by atoms with Crippen LogP contribution in [0, 0.1) is 11.8 Å². The molecule has 0 aromatic heterocycles. The molecular formula is C19H29NO6. The van der Waals surface area contributed by atoms with Gasteiger partial charge in [0.1, 0.15) is 18.2 Å². The highest BCUT2D eigenvalue weighted by Crippen LogP contribution is 2.25. The van der Waals surface area contributed by atoms with Gasteiger partial charge in [-0.05, 0) is 43.9 Å². The second kappa shape index (κ2) is 9.43. The lowest BCUT2D eigenvalue weighted by atomic mass is 9.98. The van der Waals surface area contributed by atoms with Crippen molar-refractivity contribution in [3.63, 3.8) is 0 Å². The maximum absolute atomic E-state index is 12.1. The maximum atomic E-state index is 12.1. The molecule has 4 N–H and O–H groups in total. The summed E-state index contributed by atoms with van der Waals surface area (Å²) in [5.41, 5.74) is 6.43. The van der Waals surface area contributed by atoms with Gasteiger partial charge >= 0.3 is 11.9 Å². The van der Waals surface area contributed by atoms with E-state index in [2.05, 4.69) is 0 Å². The van der Waals surface area contributed by atoms with E-state index in [1.807, 2.05) is 13.8 Å². The zero-order valence-corrected chi connectivity index (χ0v) is 15.9. The predicted molar refractivity (Wildman–Crippen MR) is 96.6 cm³/mol. The number of benzene rings is 1. The number of carbonyl (C=O) groups excluding carboxylic acids is 2. The van der Waals surface area contributed by atoms with Gasteiger partial charge in [0, 0.05) is 0 Å². The van der Waals surface area contributed by atoms with Crippen molar-refractivity contribution in [3.8, 4) is 11.5 Å². The van der Waals surface area contributed by atoms with E-state index in [0.717, 1.165) is 0 Å². The quantitative estimate of drug-likeness (QED) is 0.475. The van der Waals surface area contributed by atoms with Gasteiger partial charge in [0.2, 0.25) is 0 Å². The molecular weight excluding hydrogens is 338 g/mol. The van der Waals surface area contributed by atoms with Gasteiger partial charge in [-0.1, -0.05) is 26.8 Å². The zero-order chi connectivity index (χ0) is 20.0. The highest BCUT2D eigenvalue weighted by Gasteiger charge is 2.26. The standard InChI is InChI=1S/C19H29NO6/c1-10(2)11(3)18(23)25-12(4)13(5)26-19(24)15(20)8-14-6-7-16(21)17(22)9-14/h6-7,9-13,15,21-22H,8,20H2,1-5H3/t11?,12-,13+,15+/m1/s1. The van der Waals surface area contributed by atoms with Crippen LogP contribution in [0.25, 0.3) is 0 Å². The fourth-order valence-electron chi connectivity index (χ4n) is 2.06. The van der Waals surface area contributed by atoms with Gasteiger partial charge in [0.25, 0.3) is 0 Å². The van der Waals surface area contributed by atoms with E-state index >= 15 is 0 Å². The number of ether oxygens (including phenoxy) is 2. The Kier molecular flexibility index (Phi) is 7.89. The van der Waals surface area contributed by atoms with Crippen LogP contribution in [-0.4, -0.2) is 40.4 Å². The van der Waals surface area contributed by atoms with E-state index in [-0.39, 0.29) is 35.7 Å². The maximum Gasteiger partial charge on any atom is 0.323 e. The predicted octanol–water partition coefficient (Wildman–Crippen LogP) is 2.12. The molecule has 0 aliphatic carbocycles. The van der Waals surface area contributed by atoms with E-state index in [4.69, 9.17) is 15.2 Å². The number of carbonyl (C=O) groups is 2. The van der Waals surface area contributed by atoms with Gasteiger partial charge in [-0.3, -0.25) is 9.59 Å². The molecule has 0 heterocycles. The number of nitrogens with two attached hydrogens (primary N) is 1. The first-order valence-corrected chi connectivity index (χ1v) is 8.70. The molecule has 146 valence electrons. The molecule has 0 aliphatic heterocycles. The van der Waals surface area contributed by atoms with Crippen molar-refractivity contribution in [2.75, 3.05) is 0 Å². The first kappa shape index (κ1) is 21.8. The van der Waals surface area contributed by atoms with E-state index in [1.165, 1.54) is 12.1 Å². The number of phenols is 2. The van der Waals surface area contributed by atoms with Crippen molar-refractivity contribution in [1.82, 2.24) is 0 Å². The Labute approximate surface area is 154 Å². The molecule has 1 aromatic rings. The smallest absolute Gasteiger partial charge is 0.323 e.